The molecule has 1 N–H and O–H groups in total. The number of benzene rings is 2. The molecule has 2 atom stereocenters. The van der Waals surface area contributed by atoms with Gasteiger partial charge in [-0.15, -0.1) is 0 Å². The summed E-state index contributed by atoms with van der Waals surface area (Å²) in [6.07, 6.45) is 3.61. The van der Waals surface area contributed by atoms with Gasteiger partial charge in [0.2, 0.25) is 0 Å². The number of rotatable bonds is 3. The van der Waals surface area contributed by atoms with Crippen LogP contribution in [0.2, 0.25) is 0 Å². The molecule has 25 heavy (non-hydrogen) atoms. The average Bonchev–Trinajstić information content (AvgIpc) is 3.01. The predicted octanol–water partition coefficient (Wildman–Crippen LogP) is 5.73. The van der Waals surface area contributed by atoms with Crippen molar-refractivity contribution in [3.8, 4) is 0 Å². The van der Waals surface area contributed by atoms with E-state index in [0.29, 0.717) is 12.1 Å². The van der Waals surface area contributed by atoms with Crippen molar-refractivity contribution in [3.63, 3.8) is 0 Å². The number of halogens is 1. The summed E-state index contributed by atoms with van der Waals surface area (Å²) in [5, 5.41) is 0.962. The van der Waals surface area contributed by atoms with Gasteiger partial charge >= 0.3 is 0 Å². The molecule has 1 fully saturated rings. The topological polar surface area (TPSA) is 19.0 Å². The molecule has 2 nitrogen and oxygen atoms in total. The van der Waals surface area contributed by atoms with E-state index in [1.165, 1.54) is 35.7 Å². The number of aromatic amines is 1. The van der Waals surface area contributed by atoms with Crippen molar-refractivity contribution >= 4 is 10.9 Å². The minimum atomic E-state index is -0.174. The van der Waals surface area contributed by atoms with E-state index in [1.807, 2.05) is 6.07 Å². The molecular weight excluding hydrogens is 311 g/mol. The minimum Gasteiger partial charge on any atom is -0.357 e. The van der Waals surface area contributed by atoms with Gasteiger partial charge in [-0.25, -0.2) is 4.39 Å². The first-order valence-electron chi connectivity index (χ1n) is 9.19. The van der Waals surface area contributed by atoms with Crippen LogP contribution in [-0.2, 0) is 6.54 Å². The molecule has 1 aromatic heterocycles. The molecular formula is C22H25FN2. The predicted molar refractivity (Wildman–Crippen MR) is 101 cm³/mol. The Bertz CT molecular complexity index is 865. The van der Waals surface area contributed by atoms with Crippen LogP contribution in [0.4, 0.5) is 4.39 Å². The van der Waals surface area contributed by atoms with Crippen molar-refractivity contribution in [2.45, 2.75) is 51.7 Å². The first-order valence-corrected chi connectivity index (χ1v) is 9.19. The third-order valence-corrected chi connectivity index (χ3v) is 5.51. The molecule has 0 bridgehead atoms. The van der Waals surface area contributed by atoms with Gasteiger partial charge in [0.05, 0.1) is 6.04 Å². The van der Waals surface area contributed by atoms with Crippen molar-refractivity contribution in [2.75, 3.05) is 0 Å². The van der Waals surface area contributed by atoms with Crippen LogP contribution in [0.1, 0.15) is 49.0 Å². The van der Waals surface area contributed by atoms with Crippen LogP contribution in [0.3, 0.4) is 0 Å². The molecule has 0 amide bonds. The monoisotopic (exact) mass is 336 g/mol. The van der Waals surface area contributed by atoms with Gasteiger partial charge in [-0.3, -0.25) is 4.90 Å². The van der Waals surface area contributed by atoms with Gasteiger partial charge in [-0.2, -0.15) is 0 Å². The van der Waals surface area contributed by atoms with E-state index in [0.717, 1.165) is 23.9 Å². The lowest BCUT2D eigenvalue weighted by Gasteiger charge is -2.40. The SMILES string of the molecule is Cc1ccc(CN2C(C)CCCC2c2cc3cc(F)ccc3[nH]2)cc1. The number of piperidine rings is 1. The quantitative estimate of drug-likeness (QED) is 0.647. The highest BCUT2D eigenvalue weighted by molar-refractivity contribution is 5.80. The summed E-state index contributed by atoms with van der Waals surface area (Å²) in [6.45, 7) is 5.40. The van der Waals surface area contributed by atoms with E-state index < -0.39 is 0 Å². The van der Waals surface area contributed by atoms with Crippen molar-refractivity contribution in [3.05, 3.63) is 71.2 Å². The number of likely N-dealkylation sites (tertiary alicyclic amines) is 1. The smallest absolute Gasteiger partial charge is 0.123 e. The highest BCUT2D eigenvalue weighted by atomic mass is 19.1. The third-order valence-electron chi connectivity index (χ3n) is 5.51. The molecule has 1 aliphatic heterocycles. The number of fused-ring (bicyclic) bond motifs is 1. The Kier molecular flexibility index (Phi) is 4.34. The van der Waals surface area contributed by atoms with E-state index in [2.05, 4.69) is 54.1 Å². The molecule has 2 unspecified atom stereocenters. The number of nitrogens with zero attached hydrogens (tertiary/aromatic N) is 1. The molecule has 0 spiro atoms. The highest BCUT2D eigenvalue weighted by Crippen LogP contribution is 2.36. The van der Waals surface area contributed by atoms with Gasteiger partial charge in [-0.1, -0.05) is 29.8 Å². The summed E-state index contributed by atoms with van der Waals surface area (Å²) in [7, 11) is 0. The van der Waals surface area contributed by atoms with E-state index in [9.17, 15) is 4.39 Å². The second-order valence-corrected chi connectivity index (χ2v) is 7.41. The van der Waals surface area contributed by atoms with Crippen LogP contribution >= 0.6 is 0 Å². The maximum atomic E-state index is 13.5. The van der Waals surface area contributed by atoms with Crippen LogP contribution < -0.4 is 0 Å². The molecule has 0 aliphatic carbocycles. The first-order chi connectivity index (χ1) is 12.1. The molecule has 2 aromatic carbocycles. The summed E-state index contributed by atoms with van der Waals surface area (Å²) >= 11 is 0. The van der Waals surface area contributed by atoms with E-state index >= 15 is 0 Å². The second-order valence-electron chi connectivity index (χ2n) is 7.41. The summed E-state index contributed by atoms with van der Waals surface area (Å²) < 4.78 is 13.5. The summed E-state index contributed by atoms with van der Waals surface area (Å²) in [6, 6.07) is 16.8. The van der Waals surface area contributed by atoms with Crippen LogP contribution in [0, 0.1) is 12.7 Å². The Morgan fingerprint density at radius 2 is 1.88 bits per heavy atom. The fraction of sp³-hybridized carbons (Fsp3) is 0.364. The van der Waals surface area contributed by atoms with Gasteiger partial charge in [0.1, 0.15) is 5.82 Å². The summed E-state index contributed by atoms with van der Waals surface area (Å²) in [5.74, 6) is -0.174. The Balaban J connectivity index is 1.65. The molecule has 130 valence electrons. The van der Waals surface area contributed by atoms with Crippen LogP contribution in [0.15, 0.2) is 48.5 Å². The summed E-state index contributed by atoms with van der Waals surface area (Å²) in [5.41, 5.74) is 4.88. The summed E-state index contributed by atoms with van der Waals surface area (Å²) in [4.78, 5) is 6.12. The average molecular weight is 336 g/mol. The lowest BCUT2D eigenvalue weighted by Crippen LogP contribution is -2.39. The highest BCUT2D eigenvalue weighted by Gasteiger charge is 2.30. The lowest BCUT2D eigenvalue weighted by atomic mass is 9.93. The number of aryl methyl sites for hydroxylation is 1. The maximum Gasteiger partial charge on any atom is 0.123 e. The first kappa shape index (κ1) is 16.3. The number of nitrogens with one attached hydrogen (secondary N) is 1. The van der Waals surface area contributed by atoms with Crippen molar-refractivity contribution in [2.24, 2.45) is 0 Å². The zero-order valence-corrected chi connectivity index (χ0v) is 14.9. The second kappa shape index (κ2) is 6.64. The largest absolute Gasteiger partial charge is 0.357 e. The number of hydrogen-bond acceptors (Lipinski definition) is 1. The van der Waals surface area contributed by atoms with E-state index in [4.69, 9.17) is 0 Å². The normalized spacial score (nSPS) is 21.7. The van der Waals surface area contributed by atoms with Gasteiger partial charge in [-0.05, 0) is 62.9 Å². The maximum absolute atomic E-state index is 13.5. The van der Waals surface area contributed by atoms with Gasteiger partial charge < -0.3 is 4.98 Å². The van der Waals surface area contributed by atoms with Gasteiger partial charge in [0.25, 0.3) is 0 Å². The van der Waals surface area contributed by atoms with E-state index in [-0.39, 0.29) is 5.82 Å². The molecule has 1 aliphatic rings. The standard InChI is InChI=1S/C22H25FN2/c1-15-6-8-17(9-7-15)14-25-16(2)4-3-5-22(25)21-13-18-12-19(23)10-11-20(18)24-21/h6-13,16,22,24H,3-5,14H2,1-2H3. The Morgan fingerprint density at radius 1 is 1.08 bits per heavy atom. The van der Waals surface area contributed by atoms with Crippen molar-refractivity contribution < 1.29 is 4.39 Å². The van der Waals surface area contributed by atoms with Crippen molar-refractivity contribution in [1.29, 1.82) is 0 Å². The minimum absolute atomic E-state index is 0.174. The zero-order valence-electron chi connectivity index (χ0n) is 14.9. The number of hydrogen-bond donors (Lipinski definition) is 1. The molecule has 1 saturated heterocycles. The van der Waals surface area contributed by atoms with Gasteiger partial charge in [0.15, 0.2) is 0 Å². The van der Waals surface area contributed by atoms with Crippen LogP contribution in [0.25, 0.3) is 10.9 Å². The number of aromatic nitrogens is 1. The van der Waals surface area contributed by atoms with Crippen molar-refractivity contribution in [1.82, 2.24) is 9.88 Å². The lowest BCUT2D eigenvalue weighted by molar-refractivity contribution is 0.0822. The van der Waals surface area contributed by atoms with Crippen LogP contribution in [0.5, 0.6) is 0 Å². The molecule has 3 heteroatoms. The Morgan fingerprint density at radius 3 is 2.68 bits per heavy atom. The van der Waals surface area contributed by atoms with Crippen LogP contribution in [-0.4, -0.2) is 15.9 Å². The molecule has 0 saturated carbocycles. The van der Waals surface area contributed by atoms with E-state index in [1.54, 1.807) is 6.07 Å². The fourth-order valence-electron chi connectivity index (χ4n) is 4.06. The fourth-order valence-corrected chi connectivity index (χ4v) is 4.06. The Hall–Kier alpha value is -2.13. The zero-order chi connectivity index (χ0) is 17.4. The molecule has 0 radical (unpaired) electrons. The number of H-pyrrole nitrogens is 1. The van der Waals surface area contributed by atoms with Gasteiger partial charge in [0, 0.05) is 29.2 Å². The molecule has 2 heterocycles. The molecule has 4 rings (SSSR count). The Labute approximate surface area is 148 Å². The molecule has 3 aromatic rings. The third kappa shape index (κ3) is 3.34.